The van der Waals surface area contributed by atoms with Gasteiger partial charge in [-0.25, -0.2) is 18.1 Å². The third-order valence-corrected chi connectivity index (χ3v) is 9.46. The highest BCUT2D eigenvalue weighted by atomic mass is 32.2. The molecule has 0 spiro atoms. The molecule has 0 aliphatic heterocycles. The third-order valence-electron chi connectivity index (χ3n) is 8.02. The number of benzene rings is 2. The van der Waals surface area contributed by atoms with Crippen molar-refractivity contribution in [3.63, 3.8) is 0 Å². The molecule has 0 saturated heterocycles. The lowest BCUT2D eigenvalue weighted by Crippen LogP contribution is -2.32. The summed E-state index contributed by atoms with van der Waals surface area (Å²) in [6, 6.07) is 16.8. The van der Waals surface area contributed by atoms with Crippen LogP contribution in [0, 0.1) is 17.8 Å². The van der Waals surface area contributed by atoms with Crippen LogP contribution < -0.4 is 15.4 Å². The molecule has 0 atom stereocenters. The monoisotopic (exact) mass is 521 g/mol. The molecule has 0 bridgehead atoms. The fraction of sp³-hybridized carbons (Fsp3) is 0.517. The van der Waals surface area contributed by atoms with Crippen molar-refractivity contribution < 1.29 is 8.42 Å². The molecule has 2 aliphatic carbocycles. The summed E-state index contributed by atoms with van der Waals surface area (Å²) in [4.78, 5) is 9.97. The van der Waals surface area contributed by atoms with Gasteiger partial charge in [0.2, 0.25) is 16.0 Å². The second-order valence-electron chi connectivity index (χ2n) is 10.7. The Labute approximate surface area is 220 Å². The average Bonchev–Trinajstić information content (AvgIpc) is 2.95. The summed E-state index contributed by atoms with van der Waals surface area (Å²) in [5, 5.41) is 8.21. The maximum atomic E-state index is 12.5. The summed E-state index contributed by atoms with van der Waals surface area (Å²) in [5.74, 6) is 3.25. The number of sulfonamides is 1. The third kappa shape index (κ3) is 6.99. The topological polar surface area (TPSA) is 96.0 Å². The minimum absolute atomic E-state index is 0.330. The van der Waals surface area contributed by atoms with E-state index < -0.39 is 10.0 Å². The number of hydrogen-bond acceptors (Lipinski definition) is 6. The van der Waals surface area contributed by atoms with Crippen LogP contribution >= 0.6 is 0 Å². The first-order valence-corrected chi connectivity index (χ1v) is 15.3. The molecule has 0 radical (unpaired) electrons. The summed E-state index contributed by atoms with van der Waals surface area (Å²) in [6.45, 7) is 2.31. The summed E-state index contributed by atoms with van der Waals surface area (Å²) in [7, 11) is -3.44. The number of fused-ring (bicyclic) bond motifs is 1. The quantitative estimate of drug-likeness (QED) is 0.311. The molecule has 3 aromatic rings. The van der Waals surface area contributed by atoms with Gasteiger partial charge in [0.25, 0.3) is 0 Å². The van der Waals surface area contributed by atoms with E-state index in [1.165, 1.54) is 32.1 Å². The van der Waals surface area contributed by atoms with E-state index in [2.05, 4.69) is 27.5 Å². The fourth-order valence-electron chi connectivity index (χ4n) is 5.71. The van der Waals surface area contributed by atoms with Gasteiger partial charge in [0, 0.05) is 25.0 Å². The van der Waals surface area contributed by atoms with E-state index in [9.17, 15) is 8.42 Å². The maximum Gasteiger partial charge on any atom is 0.240 e. The van der Waals surface area contributed by atoms with Crippen LogP contribution in [0.5, 0.6) is 0 Å². The molecule has 37 heavy (non-hydrogen) atoms. The van der Waals surface area contributed by atoms with Crippen LogP contribution in [-0.4, -0.2) is 38.0 Å². The number of para-hydroxylation sites is 1. The molecule has 0 amide bonds. The van der Waals surface area contributed by atoms with Gasteiger partial charge in [-0.2, -0.15) is 4.98 Å². The first kappa shape index (κ1) is 25.9. The van der Waals surface area contributed by atoms with Gasteiger partial charge < -0.3 is 10.6 Å². The van der Waals surface area contributed by atoms with Crippen molar-refractivity contribution in [3.05, 3.63) is 54.6 Å². The van der Waals surface area contributed by atoms with Gasteiger partial charge in [-0.1, -0.05) is 49.6 Å². The smallest absolute Gasteiger partial charge is 0.240 e. The highest BCUT2D eigenvalue weighted by molar-refractivity contribution is 7.89. The first-order valence-electron chi connectivity index (χ1n) is 13.9. The van der Waals surface area contributed by atoms with E-state index in [4.69, 9.17) is 9.97 Å². The van der Waals surface area contributed by atoms with Gasteiger partial charge in [-0.3, -0.25) is 0 Å². The molecule has 0 unspecified atom stereocenters. The summed E-state index contributed by atoms with van der Waals surface area (Å²) in [6.07, 6.45) is 10.8. The van der Waals surface area contributed by atoms with E-state index in [1.54, 1.807) is 24.3 Å². The lowest BCUT2D eigenvalue weighted by Gasteiger charge is -2.28. The Bertz CT molecular complexity index is 1250. The summed E-state index contributed by atoms with van der Waals surface area (Å²) < 4.78 is 27.8. The largest absolute Gasteiger partial charge is 0.369 e. The molecule has 2 aliphatic rings. The minimum Gasteiger partial charge on any atom is -0.369 e. The number of nitrogens with zero attached hydrogens (tertiary/aromatic N) is 2. The predicted octanol–water partition coefficient (Wildman–Crippen LogP) is 5.82. The van der Waals surface area contributed by atoms with Gasteiger partial charge in [-0.15, -0.1) is 0 Å². The Morgan fingerprint density at radius 3 is 2.05 bits per heavy atom. The molecule has 8 heteroatoms. The number of aromatic nitrogens is 2. The molecule has 7 nitrogen and oxygen atoms in total. The number of anilines is 2. The van der Waals surface area contributed by atoms with E-state index >= 15 is 0 Å². The molecular formula is C29H39N5O2S. The predicted molar refractivity (Wildman–Crippen MR) is 150 cm³/mol. The Hall–Kier alpha value is -2.71. The van der Waals surface area contributed by atoms with Gasteiger partial charge >= 0.3 is 0 Å². The minimum atomic E-state index is -3.44. The first-order chi connectivity index (χ1) is 18.1. The molecule has 198 valence electrons. The molecule has 2 aromatic carbocycles. The standard InChI is InChI=1S/C29H39N5O2S/c35-37(36,25-11-5-2-6-12-25)32-21-24-17-15-23(16-18-24)20-31-29-33-27-14-8-7-13-26(27)28(34-29)30-19-22-9-3-1-4-10-22/h2,5-8,11-14,22-24,32H,1,3-4,9-10,15-21H2,(H2,30,31,33,34)/t23-,24-. The summed E-state index contributed by atoms with van der Waals surface area (Å²) in [5.41, 5.74) is 0.959. The van der Waals surface area contributed by atoms with E-state index in [1.807, 2.05) is 18.2 Å². The van der Waals surface area contributed by atoms with Crippen LogP contribution in [0.4, 0.5) is 11.8 Å². The van der Waals surface area contributed by atoms with Crippen molar-refractivity contribution in [1.29, 1.82) is 0 Å². The van der Waals surface area contributed by atoms with Gasteiger partial charge in [0.15, 0.2) is 0 Å². The SMILES string of the molecule is O=S(=O)(NC[C@H]1CC[C@H](CNc2nc(NCC3CCCCC3)c3ccccc3n2)CC1)c1ccccc1. The molecule has 2 saturated carbocycles. The fourth-order valence-corrected chi connectivity index (χ4v) is 6.85. The van der Waals surface area contributed by atoms with Crippen LogP contribution in [0.3, 0.4) is 0 Å². The summed E-state index contributed by atoms with van der Waals surface area (Å²) >= 11 is 0. The van der Waals surface area contributed by atoms with Gasteiger partial charge in [0.1, 0.15) is 5.82 Å². The number of hydrogen-bond donors (Lipinski definition) is 3. The average molecular weight is 522 g/mol. The highest BCUT2D eigenvalue weighted by Crippen LogP contribution is 2.30. The van der Waals surface area contributed by atoms with Crippen LogP contribution in [0.25, 0.3) is 10.9 Å². The zero-order chi connectivity index (χ0) is 25.5. The Morgan fingerprint density at radius 2 is 1.30 bits per heavy atom. The van der Waals surface area contributed by atoms with Gasteiger partial charge in [-0.05, 0) is 80.5 Å². The van der Waals surface area contributed by atoms with Crippen LogP contribution in [0.1, 0.15) is 57.8 Å². The van der Waals surface area contributed by atoms with E-state index in [0.717, 1.165) is 61.4 Å². The van der Waals surface area contributed by atoms with Crippen LogP contribution in [-0.2, 0) is 10.0 Å². The maximum absolute atomic E-state index is 12.5. The zero-order valence-corrected chi connectivity index (χ0v) is 22.3. The zero-order valence-electron chi connectivity index (χ0n) is 21.5. The van der Waals surface area contributed by atoms with Crippen LogP contribution in [0.2, 0.25) is 0 Å². The Balaban J connectivity index is 1.12. The second kappa shape index (κ2) is 12.2. The Kier molecular flexibility index (Phi) is 8.56. The van der Waals surface area contributed by atoms with Crippen molar-refractivity contribution in [2.75, 3.05) is 30.3 Å². The second-order valence-corrected chi connectivity index (χ2v) is 12.5. The Morgan fingerprint density at radius 1 is 0.676 bits per heavy atom. The van der Waals surface area contributed by atoms with Crippen molar-refractivity contribution in [1.82, 2.24) is 14.7 Å². The van der Waals surface area contributed by atoms with Crippen molar-refractivity contribution in [2.45, 2.75) is 62.7 Å². The van der Waals surface area contributed by atoms with Crippen molar-refractivity contribution >= 4 is 32.7 Å². The molecule has 2 fully saturated rings. The van der Waals surface area contributed by atoms with Crippen molar-refractivity contribution in [2.24, 2.45) is 17.8 Å². The molecule has 5 rings (SSSR count). The van der Waals surface area contributed by atoms with E-state index in [0.29, 0.717) is 29.2 Å². The number of nitrogens with one attached hydrogen (secondary N) is 3. The molecule has 3 N–H and O–H groups in total. The molecular weight excluding hydrogens is 482 g/mol. The molecule has 1 heterocycles. The van der Waals surface area contributed by atoms with E-state index in [-0.39, 0.29) is 0 Å². The number of rotatable bonds is 10. The lowest BCUT2D eigenvalue weighted by molar-refractivity contribution is 0.284. The highest BCUT2D eigenvalue weighted by Gasteiger charge is 2.23. The van der Waals surface area contributed by atoms with Gasteiger partial charge in [0.05, 0.1) is 10.4 Å². The lowest BCUT2D eigenvalue weighted by atomic mass is 9.82. The van der Waals surface area contributed by atoms with Crippen LogP contribution in [0.15, 0.2) is 59.5 Å². The normalized spacial score (nSPS) is 21.1. The van der Waals surface area contributed by atoms with Crippen molar-refractivity contribution in [3.8, 4) is 0 Å². The molecule has 1 aromatic heterocycles.